The van der Waals surface area contributed by atoms with Gasteiger partial charge in [-0.25, -0.2) is 14.0 Å². The zero-order chi connectivity index (χ0) is 25.8. The summed E-state index contributed by atoms with van der Waals surface area (Å²) in [5.41, 5.74) is -1.35. The minimum absolute atomic E-state index is 0.000456. The Balaban J connectivity index is 1.60. The van der Waals surface area contributed by atoms with E-state index < -0.39 is 35.5 Å². The van der Waals surface area contributed by atoms with Crippen molar-refractivity contribution in [3.05, 3.63) is 87.7 Å². The van der Waals surface area contributed by atoms with Gasteiger partial charge < -0.3 is 10.1 Å². The van der Waals surface area contributed by atoms with Crippen LogP contribution >= 0.6 is 23.2 Å². The third-order valence-electron chi connectivity index (χ3n) is 4.25. The fourth-order valence-corrected chi connectivity index (χ4v) is 3.09. The molecule has 0 atom stereocenters. The lowest BCUT2D eigenvalue weighted by molar-refractivity contribution is -0.137. The highest BCUT2D eigenvalue weighted by Gasteiger charge is 2.31. The largest absolute Gasteiger partial charge is 0.456 e. The number of hydrogen-bond acceptors (Lipinski definition) is 4. The molecule has 0 heterocycles. The number of rotatable bonds is 4. The summed E-state index contributed by atoms with van der Waals surface area (Å²) in [6.45, 7) is 0. The Kier molecular flexibility index (Phi) is 7.82. The molecule has 0 aliphatic rings. The Bertz CT molecular complexity index is 1300. The van der Waals surface area contributed by atoms with E-state index in [0.29, 0.717) is 6.07 Å². The summed E-state index contributed by atoms with van der Waals surface area (Å²) in [6, 6.07) is 9.05. The molecule has 0 bridgehead atoms. The molecule has 0 aliphatic carbocycles. The molecule has 0 spiro atoms. The molecule has 13 heteroatoms. The fraction of sp³-hybridized carbons (Fsp3) is 0.0455. The fourth-order valence-electron chi connectivity index (χ4n) is 2.65. The maximum Gasteiger partial charge on any atom is 0.416 e. The zero-order valence-electron chi connectivity index (χ0n) is 17.2. The van der Waals surface area contributed by atoms with Gasteiger partial charge in [-0.15, -0.1) is 0 Å². The van der Waals surface area contributed by atoms with Crippen LogP contribution in [-0.2, 0) is 6.18 Å². The van der Waals surface area contributed by atoms with E-state index >= 15 is 0 Å². The third kappa shape index (κ3) is 6.84. The highest BCUT2D eigenvalue weighted by Crippen LogP contribution is 2.36. The van der Waals surface area contributed by atoms with E-state index in [1.807, 2.05) is 5.32 Å². The van der Waals surface area contributed by atoms with Gasteiger partial charge in [-0.2, -0.15) is 13.2 Å². The Morgan fingerprint density at radius 1 is 0.829 bits per heavy atom. The number of anilines is 1. The summed E-state index contributed by atoms with van der Waals surface area (Å²) < 4.78 is 57.9. The van der Waals surface area contributed by atoms with Crippen molar-refractivity contribution in [3.63, 3.8) is 0 Å². The second-order valence-electron chi connectivity index (χ2n) is 6.73. The van der Waals surface area contributed by atoms with E-state index in [9.17, 15) is 31.9 Å². The molecular formula is C22H13Cl2F4N3O4. The Labute approximate surface area is 205 Å². The van der Waals surface area contributed by atoms with Crippen molar-refractivity contribution in [2.24, 2.45) is 0 Å². The van der Waals surface area contributed by atoms with E-state index in [-0.39, 0.29) is 32.8 Å². The van der Waals surface area contributed by atoms with Gasteiger partial charge in [0.25, 0.3) is 5.91 Å². The van der Waals surface area contributed by atoms with Gasteiger partial charge in [0.2, 0.25) is 0 Å². The molecule has 0 fully saturated rings. The number of carbonyl (C=O) groups is 3. The van der Waals surface area contributed by atoms with Crippen molar-refractivity contribution >= 4 is 46.9 Å². The van der Waals surface area contributed by atoms with E-state index in [1.54, 1.807) is 11.4 Å². The van der Waals surface area contributed by atoms with Gasteiger partial charge in [-0.3, -0.25) is 15.4 Å². The number of benzene rings is 3. The molecule has 3 rings (SSSR count). The van der Waals surface area contributed by atoms with Crippen LogP contribution in [0.15, 0.2) is 60.7 Å². The summed E-state index contributed by atoms with van der Waals surface area (Å²) in [6.07, 6.45) is -4.60. The predicted molar refractivity (Wildman–Crippen MR) is 119 cm³/mol. The lowest BCUT2D eigenvalue weighted by atomic mass is 10.2. The third-order valence-corrected chi connectivity index (χ3v) is 4.87. The summed E-state index contributed by atoms with van der Waals surface area (Å²) in [4.78, 5) is 35.8. The van der Waals surface area contributed by atoms with Crippen LogP contribution in [0.1, 0.15) is 15.9 Å². The highest BCUT2D eigenvalue weighted by molar-refractivity contribution is 6.34. The Morgan fingerprint density at radius 2 is 1.54 bits per heavy atom. The van der Waals surface area contributed by atoms with Gasteiger partial charge >= 0.3 is 18.2 Å². The van der Waals surface area contributed by atoms with E-state index in [4.69, 9.17) is 27.9 Å². The van der Waals surface area contributed by atoms with Crippen molar-refractivity contribution in [3.8, 4) is 11.5 Å². The topological polar surface area (TPSA) is 96.5 Å². The summed E-state index contributed by atoms with van der Waals surface area (Å²) in [5, 5.41) is 5.48. The number of carbonyl (C=O) groups excluding carboxylic acids is 3. The Hall–Kier alpha value is -3.83. The molecule has 35 heavy (non-hydrogen) atoms. The number of halogens is 6. The van der Waals surface area contributed by atoms with Gasteiger partial charge in [0.15, 0.2) is 0 Å². The molecule has 3 N–H and O–H groups in total. The summed E-state index contributed by atoms with van der Waals surface area (Å²) in [5.74, 6) is -2.14. The second kappa shape index (κ2) is 10.6. The lowest BCUT2D eigenvalue weighted by Crippen LogP contribution is -2.44. The normalized spacial score (nSPS) is 10.9. The van der Waals surface area contributed by atoms with Crippen LogP contribution in [-0.4, -0.2) is 18.0 Å². The van der Waals surface area contributed by atoms with Crippen molar-refractivity contribution in [1.29, 1.82) is 0 Å². The number of imide groups is 2. The minimum atomic E-state index is -4.60. The predicted octanol–water partition coefficient (Wildman–Crippen LogP) is 6.62. The SMILES string of the molecule is O=C(NC(=O)Nc1ccc(Oc2ccc(C(F)(F)F)cc2Cl)cc1F)NC(=O)c1ccccc1Cl. The average Bonchev–Trinajstić information content (AvgIpc) is 2.76. The van der Waals surface area contributed by atoms with Gasteiger partial charge in [-0.05, 0) is 42.5 Å². The van der Waals surface area contributed by atoms with Crippen LogP contribution in [0.4, 0.5) is 32.8 Å². The molecule has 3 aromatic carbocycles. The van der Waals surface area contributed by atoms with Crippen molar-refractivity contribution < 1.29 is 36.7 Å². The van der Waals surface area contributed by atoms with Crippen LogP contribution in [0.3, 0.4) is 0 Å². The maximum absolute atomic E-state index is 14.4. The quantitative estimate of drug-likeness (QED) is 0.331. The van der Waals surface area contributed by atoms with Crippen LogP contribution in [0.5, 0.6) is 11.5 Å². The minimum Gasteiger partial charge on any atom is -0.456 e. The monoisotopic (exact) mass is 529 g/mol. The van der Waals surface area contributed by atoms with Gasteiger partial charge in [-0.1, -0.05) is 35.3 Å². The molecule has 3 aromatic rings. The molecule has 0 aliphatic heterocycles. The zero-order valence-corrected chi connectivity index (χ0v) is 18.7. The molecule has 0 saturated heterocycles. The second-order valence-corrected chi connectivity index (χ2v) is 7.54. The number of alkyl halides is 3. The first-order valence-corrected chi connectivity index (χ1v) is 10.2. The van der Waals surface area contributed by atoms with Crippen LogP contribution in [0.2, 0.25) is 10.0 Å². The van der Waals surface area contributed by atoms with E-state index in [2.05, 4.69) is 5.32 Å². The highest BCUT2D eigenvalue weighted by atomic mass is 35.5. The molecule has 182 valence electrons. The standard InChI is InChI=1S/C22H13Cl2F4N3O4/c23-14-4-2-1-3-13(14)19(32)30-21(34)31-20(33)29-17-7-6-12(10-16(17)25)35-18-8-5-11(9-15(18)24)22(26,27)28/h1-10H,(H3,29,30,31,32,33,34). The van der Waals surface area contributed by atoms with Crippen LogP contribution in [0, 0.1) is 5.82 Å². The molecular weight excluding hydrogens is 517 g/mol. The van der Waals surface area contributed by atoms with Gasteiger partial charge in [0, 0.05) is 6.07 Å². The van der Waals surface area contributed by atoms with Crippen molar-refractivity contribution in [1.82, 2.24) is 10.6 Å². The average molecular weight is 530 g/mol. The summed E-state index contributed by atoms with van der Waals surface area (Å²) in [7, 11) is 0. The van der Waals surface area contributed by atoms with E-state index in [1.165, 1.54) is 24.3 Å². The smallest absolute Gasteiger partial charge is 0.416 e. The lowest BCUT2D eigenvalue weighted by Gasteiger charge is -2.12. The van der Waals surface area contributed by atoms with Gasteiger partial charge in [0.1, 0.15) is 17.3 Å². The first-order valence-electron chi connectivity index (χ1n) is 9.46. The first-order chi connectivity index (χ1) is 16.4. The number of urea groups is 2. The molecule has 0 aromatic heterocycles. The summed E-state index contributed by atoms with van der Waals surface area (Å²) >= 11 is 11.7. The number of amides is 5. The van der Waals surface area contributed by atoms with Crippen LogP contribution in [0.25, 0.3) is 0 Å². The Morgan fingerprint density at radius 3 is 2.17 bits per heavy atom. The first kappa shape index (κ1) is 25.8. The maximum atomic E-state index is 14.4. The van der Waals surface area contributed by atoms with Crippen molar-refractivity contribution in [2.45, 2.75) is 6.18 Å². The number of nitrogens with one attached hydrogen (secondary N) is 3. The molecule has 5 amide bonds. The molecule has 0 saturated carbocycles. The number of hydrogen-bond donors (Lipinski definition) is 3. The molecule has 0 radical (unpaired) electrons. The van der Waals surface area contributed by atoms with Gasteiger partial charge in [0.05, 0.1) is 26.9 Å². The molecule has 7 nitrogen and oxygen atoms in total. The van der Waals surface area contributed by atoms with Crippen LogP contribution < -0.4 is 20.7 Å². The van der Waals surface area contributed by atoms with E-state index in [0.717, 1.165) is 24.3 Å². The molecule has 0 unspecified atom stereocenters. The van der Waals surface area contributed by atoms with Crippen molar-refractivity contribution in [2.75, 3.05) is 5.32 Å². The number of ether oxygens (including phenoxy) is 1.